The summed E-state index contributed by atoms with van der Waals surface area (Å²) in [5.74, 6) is -0.276. The summed E-state index contributed by atoms with van der Waals surface area (Å²) in [5.41, 5.74) is 3.21. The van der Waals surface area contributed by atoms with Gasteiger partial charge in [0.2, 0.25) is 0 Å². The molecule has 1 N–H and O–H groups in total. The van der Waals surface area contributed by atoms with Gasteiger partial charge in [-0.1, -0.05) is 30.3 Å². The Bertz CT molecular complexity index is 1220. The molecule has 0 atom stereocenters. The van der Waals surface area contributed by atoms with Gasteiger partial charge in [0.05, 0.1) is 21.7 Å². The second-order valence-electron chi connectivity index (χ2n) is 6.13. The molecule has 4 rings (SSSR count). The average Bonchev–Trinajstić information content (AvgIpc) is 3.15. The van der Waals surface area contributed by atoms with Crippen LogP contribution in [0.1, 0.15) is 16.1 Å². The largest absolute Gasteiger partial charge is 0.298 e. The molecule has 4 aromatic rings. The van der Waals surface area contributed by atoms with Crippen LogP contribution in [0.2, 0.25) is 0 Å². The molecule has 0 radical (unpaired) electrons. The lowest BCUT2D eigenvalue weighted by molar-refractivity contribution is -0.384. The number of nitrogens with one attached hydrogen (secondary N) is 1. The molecule has 0 fully saturated rings. The van der Waals surface area contributed by atoms with E-state index < -0.39 is 4.92 Å². The molecule has 0 aliphatic carbocycles. The Kier molecular flexibility index (Phi) is 4.54. The molecule has 7 nitrogen and oxygen atoms in total. The maximum absolute atomic E-state index is 12.8. The number of hydrogen-bond donors (Lipinski definition) is 1. The van der Waals surface area contributed by atoms with Crippen LogP contribution in [0.25, 0.3) is 22.2 Å². The van der Waals surface area contributed by atoms with Crippen LogP contribution >= 0.6 is 11.3 Å². The number of para-hydroxylation sites is 1. The van der Waals surface area contributed by atoms with E-state index >= 15 is 0 Å². The van der Waals surface area contributed by atoms with Gasteiger partial charge in [-0.2, -0.15) is 0 Å². The van der Waals surface area contributed by atoms with Crippen LogP contribution in [0.3, 0.4) is 0 Å². The SMILES string of the molecule is Cc1cc(C(=O)Nc2nc(-c3cccc([N+](=O)[O-])c3)cs2)c2ccccc2n1. The van der Waals surface area contributed by atoms with Crippen molar-refractivity contribution in [3.63, 3.8) is 0 Å². The number of amides is 1. The molecule has 0 unspecified atom stereocenters. The lowest BCUT2D eigenvalue weighted by Crippen LogP contribution is -2.13. The van der Waals surface area contributed by atoms with E-state index in [9.17, 15) is 14.9 Å². The van der Waals surface area contributed by atoms with Gasteiger partial charge in [0.25, 0.3) is 11.6 Å². The quantitative estimate of drug-likeness (QED) is 0.398. The summed E-state index contributed by atoms with van der Waals surface area (Å²) in [6, 6.07) is 15.4. The Hall–Kier alpha value is -3.65. The highest BCUT2D eigenvalue weighted by atomic mass is 32.1. The number of aromatic nitrogens is 2. The molecule has 0 spiro atoms. The van der Waals surface area contributed by atoms with E-state index in [0.29, 0.717) is 22.0 Å². The Morgan fingerprint density at radius 1 is 1.11 bits per heavy atom. The number of non-ortho nitro benzene ring substituents is 1. The zero-order chi connectivity index (χ0) is 19.7. The van der Waals surface area contributed by atoms with Gasteiger partial charge in [-0.3, -0.25) is 25.2 Å². The van der Waals surface area contributed by atoms with Gasteiger partial charge < -0.3 is 0 Å². The van der Waals surface area contributed by atoms with Crippen molar-refractivity contribution >= 4 is 39.0 Å². The number of hydrogen-bond acceptors (Lipinski definition) is 6. The minimum absolute atomic E-state index is 0.00480. The molecular weight excluding hydrogens is 376 g/mol. The Balaban J connectivity index is 1.62. The van der Waals surface area contributed by atoms with Gasteiger partial charge in [-0.25, -0.2) is 4.98 Å². The Labute approximate surface area is 163 Å². The maximum atomic E-state index is 12.8. The summed E-state index contributed by atoms with van der Waals surface area (Å²) < 4.78 is 0. The van der Waals surface area contributed by atoms with Crippen molar-refractivity contribution in [3.05, 3.63) is 81.3 Å². The topological polar surface area (TPSA) is 98.0 Å². The molecule has 0 aliphatic rings. The average molecular weight is 390 g/mol. The first kappa shape index (κ1) is 17.7. The minimum Gasteiger partial charge on any atom is -0.298 e. The molecule has 28 heavy (non-hydrogen) atoms. The third-order valence-corrected chi connectivity index (χ3v) is 4.92. The fourth-order valence-corrected chi connectivity index (χ4v) is 3.62. The summed E-state index contributed by atoms with van der Waals surface area (Å²) in [5, 5.41) is 16.7. The molecule has 2 aromatic carbocycles. The zero-order valence-corrected chi connectivity index (χ0v) is 15.6. The number of rotatable bonds is 4. The number of carbonyl (C=O) groups excluding carboxylic acids is 1. The van der Waals surface area contributed by atoms with Gasteiger partial charge in [0.15, 0.2) is 5.13 Å². The summed E-state index contributed by atoms with van der Waals surface area (Å²) in [6.07, 6.45) is 0. The lowest BCUT2D eigenvalue weighted by atomic mass is 10.1. The van der Waals surface area contributed by atoms with Gasteiger partial charge in [0, 0.05) is 34.2 Å². The summed E-state index contributed by atoms with van der Waals surface area (Å²) in [4.78, 5) is 32.2. The molecule has 2 heterocycles. The van der Waals surface area contributed by atoms with Crippen LogP contribution < -0.4 is 5.32 Å². The van der Waals surface area contributed by atoms with Gasteiger partial charge >= 0.3 is 0 Å². The van der Waals surface area contributed by atoms with Crippen LogP contribution in [0.15, 0.2) is 60.0 Å². The smallest absolute Gasteiger partial charge is 0.270 e. The molecule has 8 heteroatoms. The first-order valence-corrected chi connectivity index (χ1v) is 9.27. The number of thiazole rings is 1. The van der Waals surface area contributed by atoms with Crippen molar-refractivity contribution in [1.29, 1.82) is 0 Å². The lowest BCUT2D eigenvalue weighted by Gasteiger charge is -2.07. The molecule has 0 saturated carbocycles. The van der Waals surface area contributed by atoms with Crippen LogP contribution in [0, 0.1) is 17.0 Å². The van der Waals surface area contributed by atoms with Crippen LogP contribution in [0.4, 0.5) is 10.8 Å². The van der Waals surface area contributed by atoms with Gasteiger partial charge in [-0.15, -0.1) is 11.3 Å². The summed E-state index contributed by atoms with van der Waals surface area (Å²) >= 11 is 1.26. The zero-order valence-electron chi connectivity index (χ0n) is 14.7. The predicted molar refractivity (Wildman–Crippen MR) is 109 cm³/mol. The number of fused-ring (bicyclic) bond motifs is 1. The molecule has 0 aliphatic heterocycles. The van der Waals surface area contributed by atoms with Crippen molar-refractivity contribution in [1.82, 2.24) is 9.97 Å². The number of aryl methyl sites for hydroxylation is 1. The first-order chi connectivity index (χ1) is 13.5. The molecule has 138 valence electrons. The number of benzene rings is 2. The highest BCUT2D eigenvalue weighted by Crippen LogP contribution is 2.28. The third kappa shape index (κ3) is 3.45. The van der Waals surface area contributed by atoms with Crippen LogP contribution in [0.5, 0.6) is 0 Å². The number of nitrogens with zero attached hydrogens (tertiary/aromatic N) is 3. The van der Waals surface area contributed by atoms with E-state index in [1.165, 1.54) is 23.5 Å². The monoisotopic (exact) mass is 390 g/mol. The van der Waals surface area contributed by atoms with Crippen molar-refractivity contribution < 1.29 is 9.72 Å². The van der Waals surface area contributed by atoms with E-state index in [1.54, 1.807) is 23.6 Å². The fraction of sp³-hybridized carbons (Fsp3) is 0.0500. The fourth-order valence-electron chi connectivity index (χ4n) is 2.90. The number of nitro groups is 1. The number of pyridine rings is 1. The molecule has 0 bridgehead atoms. The molecular formula is C20H14N4O3S. The van der Waals surface area contributed by atoms with Gasteiger partial charge in [-0.05, 0) is 19.1 Å². The highest BCUT2D eigenvalue weighted by molar-refractivity contribution is 7.14. The van der Waals surface area contributed by atoms with E-state index in [4.69, 9.17) is 0 Å². The second kappa shape index (κ2) is 7.16. The Morgan fingerprint density at radius 3 is 2.75 bits per heavy atom. The second-order valence-corrected chi connectivity index (χ2v) is 6.99. The molecule has 2 aromatic heterocycles. The van der Waals surface area contributed by atoms with Crippen molar-refractivity contribution in [2.24, 2.45) is 0 Å². The molecule has 0 saturated heterocycles. The van der Waals surface area contributed by atoms with E-state index in [-0.39, 0.29) is 11.6 Å². The van der Waals surface area contributed by atoms with Crippen molar-refractivity contribution in [2.75, 3.05) is 5.32 Å². The number of nitro benzene ring substituents is 1. The van der Waals surface area contributed by atoms with E-state index in [2.05, 4.69) is 15.3 Å². The first-order valence-electron chi connectivity index (χ1n) is 8.39. The Morgan fingerprint density at radius 2 is 1.93 bits per heavy atom. The normalized spacial score (nSPS) is 10.8. The van der Waals surface area contributed by atoms with Gasteiger partial charge in [0.1, 0.15) is 0 Å². The number of carbonyl (C=O) groups is 1. The summed E-state index contributed by atoms with van der Waals surface area (Å²) in [6.45, 7) is 1.84. The van der Waals surface area contributed by atoms with E-state index in [1.807, 2.05) is 31.2 Å². The van der Waals surface area contributed by atoms with Crippen LogP contribution in [-0.4, -0.2) is 20.8 Å². The van der Waals surface area contributed by atoms with E-state index in [0.717, 1.165) is 16.6 Å². The third-order valence-electron chi connectivity index (χ3n) is 4.17. The summed E-state index contributed by atoms with van der Waals surface area (Å²) in [7, 11) is 0. The number of anilines is 1. The van der Waals surface area contributed by atoms with Crippen LogP contribution in [-0.2, 0) is 0 Å². The van der Waals surface area contributed by atoms with Crippen molar-refractivity contribution in [2.45, 2.75) is 6.92 Å². The van der Waals surface area contributed by atoms with Crippen molar-refractivity contribution in [3.8, 4) is 11.3 Å². The maximum Gasteiger partial charge on any atom is 0.270 e. The molecule has 1 amide bonds. The standard InChI is InChI=1S/C20H14N4O3S/c1-12-9-16(15-7-2-3-8-17(15)21-12)19(25)23-20-22-18(11-28-20)13-5-4-6-14(10-13)24(26)27/h2-11H,1H3,(H,22,23,25). The minimum atomic E-state index is -0.449. The highest BCUT2D eigenvalue weighted by Gasteiger charge is 2.15. The predicted octanol–water partition coefficient (Wildman–Crippen LogP) is 4.83.